The van der Waals surface area contributed by atoms with E-state index in [1.807, 2.05) is 12.1 Å². The number of nitrogens with zero attached hydrogens (tertiary/aromatic N) is 5. The number of carbonyl (C=O) groups excluding carboxylic acids is 2. The van der Waals surface area contributed by atoms with Crippen molar-refractivity contribution in [3.8, 4) is 11.4 Å². The van der Waals surface area contributed by atoms with Crippen molar-refractivity contribution in [3.05, 3.63) is 132 Å². The molecule has 0 radical (unpaired) electrons. The van der Waals surface area contributed by atoms with Crippen LogP contribution in [0, 0.1) is 11.6 Å². The number of rotatable bonds is 1. The smallest absolute Gasteiger partial charge is 0.266 e. The van der Waals surface area contributed by atoms with Crippen LogP contribution in [0.4, 0.5) is 14.5 Å². The van der Waals surface area contributed by atoms with E-state index >= 15 is 0 Å². The number of halogens is 3. The summed E-state index contributed by atoms with van der Waals surface area (Å²) >= 11 is 3.31. The van der Waals surface area contributed by atoms with Crippen LogP contribution in [0.5, 0.6) is 0 Å². The van der Waals surface area contributed by atoms with Gasteiger partial charge in [-0.15, -0.1) is 0 Å². The van der Waals surface area contributed by atoms with Crippen LogP contribution in [-0.2, 0) is 0 Å². The summed E-state index contributed by atoms with van der Waals surface area (Å²) in [5, 5.41) is 0.875. The Bertz CT molecular complexity index is 2490. The van der Waals surface area contributed by atoms with Crippen LogP contribution in [0.25, 0.3) is 33.2 Å². The Balaban J connectivity index is 0.000000141. The van der Waals surface area contributed by atoms with Crippen molar-refractivity contribution in [1.82, 2.24) is 19.1 Å². The van der Waals surface area contributed by atoms with Gasteiger partial charge in [0.05, 0.1) is 44.3 Å². The molecule has 9 nitrogen and oxygen atoms in total. The summed E-state index contributed by atoms with van der Waals surface area (Å²) in [4.78, 5) is 61.5. The second kappa shape index (κ2) is 10.9. The zero-order valence-corrected chi connectivity index (χ0v) is 26.1. The molecule has 0 amide bonds. The Morgan fingerprint density at radius 1 is 0.596 bits per heavy atom. The molecule has 0 saturated carbocycles. The normalized spacial score (nSPS) is 14.5. The average Bonchev–Trinajstić information content (AvgIpc) is 3.51. The molecule has 9 rings (SSSR count). The first-order valence-electron chi connectivity index (χ1n) is 14.9. The minimum Gasteiger partial charge on any atom is -0.372 e. The number of ketones is 2. The molecule has 0 N–H and O–H groups in total. The van der Waals surface area contributed by atoms with Gasteiger partial charge in [0.25, 0.3) is 11.1 Å². The Kier molecular flexibility index (Phi) is 6.72. The molecule has 232 valence electrons. The maximum atomic E-state index is 13.5. The van der Waals surface area contributed by atoms with Crippen LogP contribution in [-0.4, -0.2) is 43.8 Å². The van der Waals surface area contributed by atoms with E-state index < -0.39 is 23.2 Å². The minimum atomic E-state index is -0.518. The molecule has 6 aromatic rings. The zero-order chi connectivity index (χ0) is 32.6. The lowest BCUT2D eigenvalue weighted by Gasteiger charge is -2.28. The topological polar surface area (TPSA) is 107 Å². The van der Waals surface area contributed by atoms with Crippen molar-refractivity contribution in [1.29, 1.82) is 0 Å². The van der Waals surface area contributed by atoms with Gasteiger partial charge < -0.3 is 4.90 Å². The fourth-order valence-electron chi connectivity index (χ4n) is 6.44. The van der Waals surface area contributed by atoms with Gasteiger partial charge in [0.2, 0.25) is 11.6 Å². The van der Waals surface area contributed by atoms with Gasteiger partial charge in [-0.05, 0) is 92.1 Å². The SMILES string of the molecule is O=C1c2cc(F)ccc2-n2c1nc1ccc(Br)cc1c2=O.O=C1c2cc(F)ccc2-n2c1nc1ccc(N3CCCCC3)cc1c2=O. The molecular weight excluding hydrogens is 672 g/mol. The lowest BCUT2D eigenvalue weighted by Crippen LogP contribution is -2.29. The molecule has 1 fully saturated rings. The highest BCUT2D eigenvalue weighted by Gasteiger charge is 2.32. The Labute approximate surface area is 272 Å². The molecule has 0 bridgehead atoms. The molecule has 12 heteroatoms. The molecule has 0 spiro atoms. The lowest BCUT2D eigenvalue weighted by atomic mass is 10.1. The number of aromatic nitrogens is 4. The summed E-state index contributed by atoms with van der Waals surface area (Å²) in [6.45, 7) is 1.96. The van der Waals surface area contributed by atoms with Crippen molar-refractivity contribution in [3.63, 3.8) is 0 Å². The van der Waals surface area contributed by atoms with E-state index in [0.717, 1.165) is 48.2 Å². The third-order valence-corrected chi connectivity index (χ3v) is 9.19. The number of fused-ring (bicyclic) bond motifs is 8. The standard InChI is InChI=1S/C20H16FN3O2.C15H6BrFN2O2/c21-12-4-7-17-15(10-12)18(25)19-22-16-6-5-13(23-8-2-1-3-9-23)11-14(16)20(26)24(17)19;16-7-1-3-11-9(5-7)15(21)19-12-4-2-8(17)6-10(12)13(20)14(19)18-11/h4-7,10-11H,1-3,8-9H2;1-6H. The number of carbonyl (C=O) groups is 2. The Hall–Kier alpha value is -5.36. The van der Waals surface area contributed by atoms with E-state index in [1.165, 1.54) is 39.8 Å². The van der Waals surface area contributed by atoms with Crippen molar-refractivity contribution < 1.29 is 18.4 Å². The van der Waals surface area contributed by atoms with Crippen LogP contribution >= 0.6 is 15.9 Å². The van der Waals surface area contributed by atoms with Crippen LogP contribution in [0.3, 0.4) is 0 Å². The van der Waals surface area contributed by atoms with E-state index in [-0.39, 0.29) is 33.9 Å². The van der Waals surface area contributed by atoms with E-state index in [9.17, 15) is 28.0 Å². The molecule has 47 heavy (non-hydrogen) atoms. The van der Waals surface area contributed by atoms with E-state index in [1.54, 1.807) is 24.3 Å². The number of benzene rings is 4. The van der Waals surface area contributed by atoms with Crippen LogP contribution in [0.2, 0.25) is 0 Å². The van der Waals surface area contributed by atoms with Gasteiger partial charge in [0.1, 0.15) is 11.6 Å². The third-order valence-electron chi connectivity index (χ3n) is 8.70. The maximum Gasteiger partial charge on any atom is 0.266 e. The number of anilines is 1. The van der Waals surface area contributed by atoms with Crippen LogP contribution in [0.15, 0.2) is 86.9 Å². The highest BCUT2D eigenvalue weighted by Crippen LogP contribution is 2.30. The number of hydrogen-bond acceptors (Lipinski definition) is 7. The predicted octanol–water partition coefficient (Wildman–Crippen LogP) is 5.89. The van der Waals surface area contributed by atoms with Crippen LogP contribution in [0.1, 0.15) is 51.6 Å². The van der Waals surface area contributed by atoms with Gasteiger partial charge in [-0.25, -0.2) is 18.7 Å². The zero-order valence-electron chi connectivity index (χ0n) is 24.5. The molecule has 0 aliphatic carbocycles. The van der Waals surface area contributed by atoms with Gasteiger partial charge in [0, 0.05) is 23.2 Å². The first kappa shape index (κ1) is 29.1. The van der Waals surface area contributed by atoms with Gasteiger partial charge >= 0.3 is 0 Å². The van der Waals surface area contributed by atoms with Gasteiger partial charge in [-0.1, -0.05) is 15.9 Å². The first-order chi connectivity index (χ1) is 22.7. The summed E-state index contributed by atoms with van der Waals surface area (Å²) in [6.07, 6.45) is 3.52. The molecular formula is C35H22BrF2N5O4. The second-order valence-corrected chi connectivity index (χ2v) is 12.5. The van der Waals surface area contributed by atoms with Crippen molar-refractivity contribution in [2.45, 2.75) is 19.3 Å². The summed E-state index contributed by atoms with van der Waals surface area (Å²) in [7, 11) is 0. The molecule has 3 aliphatic rings. The van der Waals surface area contributed by atoms with Gasteiger partial charge in [0.15, 0.2) is 11.6 Å². The largest absolute Gasteiger partial charge is 0.372 e. The summed E-state index contributed by atoms with van der Waals surface area (Å²) < 4.78 is 30.2. The maximum absolute atomic E-state index is 13.5. The Morgan fingerprint density at radius 2 is 1.11 bits per heavy atom. The van der Waals surface area contributed by atoms with Gasteiger partial charge in [-0.3, -0.25) is 28.3 Å². The summed E-state index contributed by atoms with van der Waals surface area (Å²) in [6, 6.07) is 18.3. The Morgan fingerprint density at radius 3 is 1.66 bits per heavy atom. The van der Waals surface area contributed by atoms with Crippen LogP contribution < -0.4 is 16.0 Å². The molecule has 0 unspecified atom stereocenters. The summed E-state index contributed by atoms with van der Waals surface area (Å²) in [5.74, 6) is -1.81. The van der Waals surface area contributed by atoms with Crippen molar-refractivity contribution in [2.75, 3.05) is 18.0 Å². The number of piperidine rings is 1. The molecule has 4 aromatic carbocycles. The monoisotopic (exact) mass is 693 g/mol. The average molecular weight is 694 g/mol. The van der Waals surface area contributed by atoms with E-state index in [2.05, 4.69) is 30.8 Å². The fourth-order valence-corrected chi connectivity index (χ4v) is 6.80. The molecule has 0 atom stereocenters. The lowest BCUT2D eigenvalue weighted by molar-refractivity contribution is 0.102. The molecule has 5 heterocycles. The highest BCUT2D eigenvalue weighted by atomic mass is 79.9. The fraction of sp³-hybridized carbons (Fsp3) is 0.143. The summed E-state index contributed by atoms with van der Waals surface area (Å²) in [5.41, 5.74) is 2.41. The molecule has 1 saturated heterocycles. The second-order valence-electron chi connectivity index (χ2n) is 11.5. The van der Waals surface area contributed by atoms with Gasteiger partial charge in [-0.2, -0.15) is 0 Å². The third kappa shape index (κ3) is 4.62. The molecule has 2 aromatic heterocycles. The molecule has 3 aliphatic heterocycles. The van der Waals surface area contributed by atoms with E-state index in [0.29, 0.717) is 33.2 Å². The first-order valence-corrected chi connectivity index (χ1v) is 15.7. The predicted molar refractivity (Wildman–Crippen MR) is 175 cm³/mol. The van der Waals surface area contributed by atoms with Crippen molar-refractivity contribution >= 4 is 55.0 Å². The van der Waals surface area contributed by atoms with E-state index in [4.69, 9.17) is 0 Å². The number of hydrogen-bond donors (Lipinski definition) is 0. The highest BCUT2D eigenvalue weighted by molar-refractivity contribution is 9.10. The minimum absolute atomic E-state index is 0.0235. The quantitative estimate of drug-likeness (QED) is 0.211. The van der Waals surface area contributed by atoms with Crippen molar-refractivity contribution in [2.24, 2.45) is 0 Å².